The van der Waals surface area contributed by atoms with E-state index in [-0.39, 0.29) is 0 Å². The van der Waals surface area contributed by atoms with Gasteiger partial charge >= 0.3 is 0 Å². The van der Waals surface area contributed by atoms with Crippen molar-refractivity contribution in [3.63, 3.8) is 0 Å². The maximum atomic E-state index is 9.12. The summed E-state index contributed by atoms with van der Waals surface area (Å²) in [5.74, 6) is 0. The van der Waals surface area contributed by atoms with Gasteiger partial charge < -0.3 is 0 Å². The maximum absolute atomic E-state index is 9.12. The highest BCUT2D eigenvalue weighted by Crippen LogP contribution is 2.27. The molecule has 0 aliphatic heterocycles. The van der Waals surface area contributed by atoms with Crippen LogP contribution >= 0.6 is 11.8 Å². The van der Waals surface area contributed by atoms with Crippen molar-refractivity contribution in [3.8, 4) is 6.07 Å². The van der Waals surface area contributed by atoms with Gasteiger partial charge in [0.05, 0.1) is 5.56 Å². The molecule has 4 nitrogen and oxygen atoms in total. The van der Waals surface area contributed by atoms with Crippen molar-refractivity contribution in [3.05, 3.63) is 41.3 Å². The molecule has 0 bridgehead atoms. The predicted molar refractivity (Wildman–Crippen MR) is 64.6 cm³/mol. The molecule has 0 aliphatic carbocycles. The molecule has 0 N–H and O–H groups in total. The largest absolute Gasteiger partial charge is 0.245 e. The molecule has 0 aromatic carbocycles. The van der Waals surface area contributed by atoms with Crippen LogP contribution in [0.1, 0.15) is 16.8 Å². The Kier molecular flexibility index (Phi) is 3.35. The summed E-state index contributed by atoms with van der Waals surface area (Å²) in [6, 6.07) is 5.82. The normalized spacial score (nSPS) is 9.94. The standard InChI is InChI=1S/C12H10N4S/c1-8-6-9(2)16-11(10(8)7-13)17-12-14-4-3-5-15-12/h3-6H,1-2H3. The fourth-order valence-electron chi connectivity index (χ4n) is 1.44. The lowest BCUT2D eigenvalue weighted by Crippen LogP contribution is -1.95. The maximum Gasteiger partial charge on any atom is 0.193 e. The van der Waals surface area contributed by atoms with Crippen LogP contribution in [0.3, 0.4) is 0 Å². The molecule has 0 atom stereocenters. The zero-order chi connectivity index (χ0) is 12.3. The average molecular weight is 242 g/mol. The molecule has 0 radical (unpaired) electrons. The lowest BCUT2D eigenvalue weighted by molar-refractivity contribution is 0.952. The first-order chi connectivity index (χ1) is 8.20. The summed E-state index contributed by atoms with van der Waals surface area (Å²) in [5.41, 5.74) is 2.41. The molecule has 2 aromatic heterocycles. The fourth-order valence-corrected chi connectivity index (χ4v) is 2.34. The van der Waals surface area contributed by atoms with E-state index >= 15 is 0 Å². The molecular formula is C12H10N4S. The van der Waals surface area contributed by atoms with Crippen molar-refractivity contribution in [2.24, 2.45) is 0 Å². The van der Waals surface area contributed by atoms with E-state index in [0.29, 0.717) is 15.7 Å². The molecule has 17 heavy (non-hydrogen) atoms. The predicted octanol–water partition coefficient (Wildman–Crippen LogP) is 2.51. The summed E-state index contributed by atoms with van der Waals surface area (Å²) in [5, 5.41) is 10.4. The highest BCUT2D eigenvalue weighted by Gasteiger charge is 2.11. The van der Waals surface area contributed by atoms with Crippen molar-refractivity contribution in [2.75, 3.05) is 0 Å². The molecule has 2 aromatic rings. The zero-order valence-corrected chi connectivity index (χ0v) is 10.3. The first-order valence-electron chi connectivity index (χ1n) is 5.04. The molecule has 2 rings (SSSR count). The molecule has 0 amide bonds. The van der Waals surface area contributed by atoms with Crippen molar-refractivity contribution < 1.29 is 0 Å². The number of rotatable bonds is 2. The van der Waals surface area contributed by atoms with E-state index in [0.717, 1.165) is 11.3 Å². The summed E-state index contributed by atoms with van der Waals surface area (Å²) in [6.45, 7) is 3.81. The molecule has 0 spiro atoms. The lowest BCUT2D eigenvalue weighted by atomic mass is 10.1. The van der Waals surface area contributed by atoms with Gasteiger partial charge in [-0.05, 0) is 43.3 Å². The Bertz CT molecular complexity index is 575. The van der Waals surface area contributed by atoms with Crippen LogP contribution in [0.5, 0.6) is 0 Å². The Hall–Kier alpha value is -1.93. The number of nitriles is 1. The fraction of sp³-hybridized carbons (Fsp3) is 0.167. The Balaban J connectivity index is 2.43. The first-order valence-corrected chi connectivity index (χ1v) is 5.85. The first kappa shape index (κ1) is 11.6. The minimum absolute atomic E-state index is 0.591. The highest BCUT2D eigenvalue weighted by atomic mass is 32.2. The van der Waals surface area contributed by atoms with Gasteiger partial charge in [-0.25, -0.2) is 15.0 Å². The third-order valence-electron chi connectivity index (χ3n) is 2.15. The quantitative estimate of drug-likeness (QED) is 0.757. The van der Waals surface area contributed by atoms with E-state index in [1.165, 1.54) is 11.8 Å². The van der Waals surface area contributed by atoms with Gasteiger partial charge in [-0.1, -0.05) is 0 Å². The minimum atomic E-state index is 0.591. The second kappa shape index (κ2) is 4.93. The second-order valence-corrected chi connectivity index (χ2v) is 4.46. The molecule has 0 aliphatic rings. The number of hydrogen-bond donors (Lipinski definition) is 0. The zero-order valence-electron chi connectivity index (χ0n) is 9.51. The van der Waals surface area contributed by atoms with E-state index in [4.69, 9.17) is 5.26 Å². The summed E-state index contributed by atoms with van der Waals surface area (Å²) in [7, 11) is 0. The number of hydrogen-bond acceptors (Lipinski definition) is 5. The average Bonchev–Trinajstić information content (AvgIpc) is 2.30. The van der Waals surface area contributed by atoms with Crippen molar-refractivity contribution in [1.82, 2.24) is 15.0 Å². The van der Waals surface area contributed by atoms with Gasteiger partial charge in [0, 0.05) is 18.1 Å². The van der Waals surface area contributed by atoms with E-state index in [1.807, 2.05) is 19.9 Å². The van der Waals surface area contributed by atoms with E-state index in [1.54, 1.807) is 18.5 Å². The van der Waals surface area contributed by atoms with Crippen molar-refractivity contribution >= 4 is 11.8 Å². The van der Waals surface area contributed by atoms with Gasteiger partial charge in [0.15, 0.2) is 5.16 Å². The number of aromatic nitrogens is 3. The summed E-state index contributed by atoms with van der Waals surface area (Å²) < 4.78 is 0. The van der Waals surface area contributed by atoms with E-state index < -0.39 is 0 Å². The third kappa shape index (κ3) is 2.60. The lowest BCUT2D eigenvalue weighted by Gasteiger charge is -2.05. The van der Waals surface area contributed by atoms with Crippen LogP contribution in [0.2, 0.25) is 0 Å². The molecule has 84 valence electrons. The molecule has 0 unspecified atom stereocenters. The summed E-state index contributed by atoms with van der Waals surface area (Å²) in [4.78, 5) is 12.6. The Morgan fingerprint density at radius 2 is 1.94 bits per heavy atom. The van der Waals surface area contributed by atoms with E-state index in [2.05, 4.69) is 21.0 Å². The van der Waals surface area contributed by atoms with Crippen LogP contribution < -0.4 is 0 Å². The second-order valence-electron chi connectivity index (χ2n) is 3.51. The topological polar surface area (TPSA) is 62.5 Å². The van der Waals surface area contributed by atoms with Crippen LogP contribution in [0.25, 0.3) is 0 Å². The van der Waals surface area contributed by atoms with Crippen molar-refractivity contribution in [2.45, 2.75) is 24.0 Å². The summed E-state index contributed by atoms with van der Waals surface area (Å²) >= 11 is 1.31. The molecule has 0 fully saturated rings. The summed E-state index contributed by atoms with van der Waals surface area (Å²) in [6.07, 6.45) is 3.34. The molecule has 0 saturated carbocycles. The van der Waals surface area contributed by atoms with Gasteiger partial charge in [0.2, 0.25) is 0 Å². The van der Waals surface area contributed by atoms with E-state index in [9.17, 15) is 0 Å². The number of nitrogens with zero attached hydrogens (tertiary/aromatic N) is 4. The molecular weight excluding hydrogens is 232 g/mol. The van der Waals surface area contributed by atoms with Crippen LogP contribution in [-0.2, 0) is 0 Å². The van der Waals surface area contributed by atoms with Crippen LogP contribution in [-0.4, -0.2) is 15.0 Å². The van der Waals surface area contributed by atoms with Gasteiger partial charge in [0.1, 0.15) is 11.1 Å². The van der Waals surface area contributed by atoms with Gasteiger partial charge in [-0.15, -0.1) is 0 Å². The van der Waals surface area contributed by atoms with Crippen LogP contribution in [0.15, 0.2) is 34.7 Å². The highest BCUT2D eigenvalue weighted by molar-refractivity contribution is 7.99. The smallest absolute Gasteiger partial charge is 0.193 e. The molecule has 2 heterocycles. The van der Waals surface area contributed by atoms with Crippen molar-refractivity contribution in [1.29, 1.82) is 5.26 Å². The third-order valence-corrected chi connectivity index (χ3v) is 3.04. The van der Waals surface area contributed by atoms with Gasteiger partial charge in [-0.3, -0.25) is 0 Å². The Labute approximate surface area is 104 Å². The van der Waals surface area contributed by atoms with Crippen LogP contribution in [0, 0.1) is 25.2 Å². The monoisotopic (exact) mass is 242 g/mol. The Morgan fingerprint density at radius 3 is 2.59 bits per heavy atom. The van der Waals surface area contributed by atoms with Crippen LogP contribution in [0.4, 0.5) is 0 Å². The van der Waals surface area contributed by atoms with Gasteiger partial charge in [-0.2, -0.15) is 5.26 Å². The minimum Gasteiger partial charge on any atom is -0.245 e. The molecule has 5 heteroatoms. The molecule has 0 saturated heterocycles. The Morgan fingerprint density at radius 1 is 1.24 bits per heavy atom. The SMILES string of the molecule is Cc1cc(C)c(C#N)c(Sc2ncccn2)n1. The van der Waals surface area contributed by atoms with Gasteiger partial charge in [0.25, 0.3) is 0 Å². The number of aryl methyl sites for hydroxylation is 2. The number of pyridine rings is 1.